The molecule has 0 unspecified atom stereocenters. The number of halogens is 7. The molecule has 10 rings (SSSR count). The van der Waals surface area contributed by atoms with E-state index in [1.54, 1.807) is 0 Å². The van der Waals surface area contributed by atoms with Gasteiger partial charge in [0.25, 0.3) is 0 Å². The summed E-state index contributed by atoms with van der Waals surface area (Å²) in [6.45, 7) is 1.79. The van der Waals surface area contributed by atoms with Gasteiger partial charge in [0.1, 0.15) is 19.6 Å². The molecular formula is C56H41BrF6NP. The lowest BCUT2D eigenvalue weighted by Crippen LogP contribution is -3.00. The van der Waals surface area contributed by atoms with Gasteiger partial charge in [-0.2, -0.15) is 26.3 Å². The van der Waals surface area contributed by atoms with Gasteiger partial charge in [0, 0.05) is 27.8 Å². The van der Waals surface area contributed by atoms with Crippen molar-refractivity contribution in [3.8, 4) is 33.4 Å². The van der Waals surface area contributed by atoms with Crippen LogP contribution in [0.5, 0.6) is 0 Å². The molecule has 0 bridgehead atoms. The molecule has 1 heterocycles. The molecule has 0 N–H and O–H groups in total. The first-order valence-electron chi connectivity index (χ1n) is 21.1. The monoisotopic (exact) mass is 951 g/mol. The normalized spacial score (nSPS) is 13.5. The molecule has 0 aromatic heterocycles. The molecule has 1 aliphatic heterocycles. The lowest BCUT2D eigenvalue weighted by Gasteiger charge is -2.36. The Morgan fingerprint density at radius 3 is 1.28 bits per heavy atom. The van der Waals surface area contributed by atoms with Crippen LogP contribution in [-0.2, 0) is 32.0 Å². The average molecular weight is 953 g/mol. The van der Waals surface area contributed by atoms with Crippen molar-refractivity contribution in [3.05, 3.63) is 222 Å². The van der Waals surface area contributed by atoms with Crippen molar-refractivity contribution in [2.24, 2.45) is 0 Å². The van der Waals surface area contributed by atoms with E-state index in [2.05, 4.69) is 122 Å². The standard InChI is InChI=1S/C56H41F6NP.BrH/c1-63(34-41-20-10-13-23-52(41)64(44-28-24-42(25-29-44)55(57,58)59)45-30-26-43(27-31-45)56(60,61)62)35-50-48(37-14-4-2-5-15-37)32-39-18-8-11-21-46(39)53(50)54-47-22-12-9-19-40(47)33-49(51(54)36-63)38-16-6-3-7-17-38;/h2-33H,34-36H2,1H3;1H/q+1;/p-1. The van der Waals surface area contributed by atoms with Crippen LogP contribution in [0.15, 0.2) is 194 Å². The first-order chi connectivity index (χ1) is 30.8. The number of benzene rings is 9. The van der Waals surface area contributed by atoms with E-state index in [4.69, 9.17) is 0 Å². The molecule has 65 heavy (non-hydrogen) atoms. The first kappa shape index (κ1) is 44.2. The van der Waals surface area contributed by atoms with Crippen LogP contribution < -0.4 is 32.9 Å². The molecule has 0 fully saturated rings. The van der Waals surface area contributed by atoms with E-state index in [0.29, 0.717) is 34.7 Å². The van der Waals surface area contributed by atoms with E-state index >= 15 is 0 Å². The number of hydrogen-bond acceptors (Lipinski definition) is 0. The molecule has 324 valence electrons. The highest BCUT2D eigenvalue weighted by atomic mass is 79.9. The Bertz CT molecular complexity index is 2980. The summed E-state index contributed by atoms with van der Waals surface area (Å²) < 4.78 is 83.8. The van der Waals surface area contributed by atoms with Crippen molar-refractivity contribution in [1.82, 2.24) is 0 Å². The van der Waals surface area contributed by atoms with E-state index in [-0.39, 0.29) is 17.0 Å². The van der Waals surface area contributed by atoms with Crippen LogP contribution in [0.3, 0.4) is 0 Å². The minimum atomic E-state index is -4.54. The number of alkyl halides is 6. The second-order valence-electron chi connectivity index (χ2n) is 16.9. The predicted octanol–water partition coefficient (Wildman–Crippen LogP) is 11.5. The zero-order valence-electron chi connectivity index (χ0n) is 35.1. The summed E-state index contributed by atoms with van der Waals surface area (Å²) in [4.78, 5) is 0. The molecule has 0 saturated carbocycles. The SMILES string of the molecule is C[N+]1(Cc2ccccc2P(c2ccc(C(F)(F)F)cc2)c2ccc(C(F)(F)F)cc2)Cc2c(-c3ccccc3)cc3ccccc3c2-c2c(c(-c3ccccc3)cc3ccccc23)C1.[Br-]. The largest absolute Gasteiger partial charge is 1.00 e. The summed E-state index contributed by atoms with van der Waals surface area (Å²) in [6, 6.07) is 60.9. The molecule has 9 aromatic carbocycles. The number of nitrogens with zero attached hydrogens (tertiary/aromatic N) is 1. The van der Waals surface area contributed by atoms with Crippen LogP contribution >= 0.6 is 7.92 Å². The summed E-state index contributed by atoms with van der Waals surface area (Å²) >= 11 is 0. The third-order valence-electron chi connectivity index (χ3n) is 12.5. The van der Waals surface area contributed by atoms with E-state index in [9.17, 15) is 26.3 Å². The van der Waals surface area contributed by atoms with Gasteiger partial charge in [-0.3, -0.25) is 0 Å². The Hall–Kier alpha value is -6.05. The summed E-state index contributed by atoms with van der Waals surface area (Å²) in [6.07, 6.45) is -9.08. The second-order valence-corrected chi connectivity index (χ2v) is 19.1. The third-order valence-corrected chi connectivity index (χ3v) is 15.1. The topological polar surface area (TPSA) is 0 Å². The molecule has 1 aliphatic rings. The van der Waals surface area contributed by atoms with Crippen molar-refractivity contribution < 1.29 is 47.8 Å². The summed E-state index contributed by atoms with van der Waals surface area (Å²) in [5, 5.41) is 6.71. The maximum absolute atomic E-state index is 13.9. The molecule has 9 aromatic rings. The fourth-order valence-electron chi connectivity index (χ4n) is 9.66. The molecule has 0 aliphatic carbocycles. The highest BCUT2D eigenvalue weighted by molar-refractivity contribution is 7.79. The summed E-state index contributed by atoms with van der Waals surface area (Å²) in [5.41, 5.74) is 8.75. The van der Waals surface area contributed by atoms with Crippen molar-refractivity contribution in [2.45, 2.75) is 32.0 Å². The average Bonchev–Trinajstić information content (AvgIpc) is 3.44. The smallest absolute Gasteiger partial charge is 0.416 e. The fourth-order valence-corrected chi connectivity index (χ4v) is 12.1. The van der Waals surface area contributed by atoms with E-state index < -0.39 is 31.4 Å². The van der Waals surface area contributed by atoms with Gasteiger partial charge in [0.15, 0.2) is 0 Å². The Morgan fingerprint density at radius 1 is 0.462 bits per heavy atom. The predicted molar refractivity (Wildman–Crippen MR) is 250 cm³/mol. The number of hydrogen-bond donors (Lipinski definition) is 0. The molecular weight excluding hydrogens is 911 g/mol. The van der Waals surface area contributed by atoms with Gasteiger partial charge < -0.3 is 21.5 Å². The van der Waals surface area contributed by atoms with Crippen LogP contribution in [0.1, 0.15) is 27.8 Å². The van der Waals surface area contributed by atoms with Gasteiger partial charge in [-0.1, -0.05) is 158 Å². The number of quaternary nitrogens is 1. The molecule has 0 spiro atoms. The van der Waals surface area contributed by atoms with Gasteiger partial charge in [0.05, 0.1) is 18.2 Å². The van der Waals surface area contributed by atoms with Crippen LogP contribution in [0.4, 0.5) is 26.3 Å². The van der Waals surface area contributed by atoms with Crippen LogP contribution in [-0.4, -0.2) is 11.5 Å². The van der Waals surface area contributed by atoms with Crippen molar-refractivity contribution >= 4 is 45.4 Å². The zero-order valence-corrected chi connectivity index (χ0v) is 37.6. The summed E-state index contributed by atoms with van der Waals surface area (Å²) in [5.74, 6) is 0. The molecule has 0 saturated heterocycles. The zero-order chi connectivity index (χ0) is 44.2. The fraction of sp³-hybridized carbons (Fsp3) is 0.107. The number of rotatable bonds is 7. The highest BCUT2D eigenvalue weighted by Gasteiger charge is 2.38. The van der Waals surface area contributed by atoms with Gasteiger partial charge >= 0.3 is 12.4 Å². The lowest BCUT2D eigenvalue weighted by atomic mass is 9.82. The van der Waals surface area contributed by atoms with Gasteiger partial charge in [-0.15, -0.1) is 0 Å². The van der Waals surface area contributed by atoms with Crippen LogP contribution in [0.25, 0.3) is 54.9 Å². The Labute approximate surface area is 385 Å². The Morgan fingerprint density at radius 2 is 0.846 bits per heavy atom. The minimum Gasteiger partial charge on any atom is -1.00 e. The van der Waals surface area contributed by atoms with Crippen LogP contribution in [0.2, 0.25) is 0 Å². The molecule has 0 atom stereocenters. The number of fused-ring (bicyclic) bond motifs is 7. The van der Waals surface area contributed by atoms with E-state index in [1.165, 1.54) is 46.5 Å². The Kier molecular flexibility index (Phi) is 11.8. The maximum Gasteiger partial charge on any atom is 0.416 e. The van der Waals surface area contributed by atoms with Gasteiger partial charge in [-0.25, -0.2) is 0 Å². The van der Waals surface area contributed by atoms with E-state index in [1.807, 2.05) is 30.3 Å². The van der Waals surface area contributed by atoms with Crippen molar-refractivity contribution in [3.63, 3.8) is 0 Å². The van der Waals surface area contributed by atoms with Crippen LogP contribution in [0, 0.1) is 0 Å². The maximum atomic E-state index is 13.9. The molecule has 0 radical (unpaired) electrons. The van der Waals surface area contributed by atoms with Crippen molar-refractivity contribution in [2.75, 3.05) is 7.05 Å². The minimum absolute atomic E-state index is 0. The Balaban J connectivity index is 0.00000533. The third kappa shape index (κ3) is 8.52. The van der Waals surface area contributed by atoms with E-state index in [0.717, 1.165) is 78.9 Å². The lowest BCUT2D eigenvalue weighted by molar-refractivity contribution is -0.947. The van der Waals surface area contributed by atoms with Gasteiger partial charge in [-0.05, 0) is 104 Å². The molecule has 0 amide bonds. The second kappa shape index (κ2) is 17.4. The summed E-state index contributed by atoms with van der Waals surface area (Å²) in [7, 11) is 0.679. The highest BCUT2D eigenvalue weighted by Crippen LogP contribution is 2.50. The molecule has 9 heteroatoms. The first-order valence-corrected chi connectivity index (χ1v) is 22.5. The molecule has 1 nitrogen and oxygen atoms in total. The quantitative estimate of drug-likeness (QED) is 0.0848. The van der Waals surface area contributed by atoms with Crippen molar-refractivity contribution in [1.29, 1.82) is 0 Å². The van der Waals surface area contributed by atoms with Gasteiger partial charge in [0.2, 0.25) is 0 Å².